The van der Waals surface area contributed by atoms with Crippen LogP contribution in [-0.4, -0.2) is 4.98 Å². The summed E-state index contributed by atoms with van der Waals surface area (Å²) in [5.74, 6) is -0.223. The fraction of sp³-hybridized carbons (Fsp3) is 0.167. The Kier molecular flexibility index (Phi) is 3.67. The Bertz CT molecular complexity index is 778. The van der Waals surface area contributed by atoms with Gasteiger partial charge in [-0.1, -0.05) is 30.3 Å². The summed E-state index contributed by atoms with van der Waals surface area (Å²) >= 11 is 0. The largest absolute Gasteiger partial charge is 0.324 e. The molecule has 1 unspecified atom stereocenters. The predicted molar refractivity (Wildman–Crippen MR) is 83.5 cm³/mol. The maximum absolute atomic E-state index is 13.4. The fourth-order valence-corrected chi connectivity index (χ4v) is 2.63. The van der Waals surface area contributed by atoms with Crippen molar-refractivity contribution in [2.45, 2.75) is 19.4 Å². The molecular formula is C18H17FN2. The molecule has 3 rings (SSSR count). The lowest BCUT2D eigenvalue weighted by Gasteiger charge is -2.15. The first-order chi connectivity index (χ1) is 10.1. The van der Waals surface area contributed by atoms with E-state index in [1.54, 1.807) is 18.3 Å². The third-order valence-electron chi connectivity index (χ3n) is 3.81. The highest BCUT2D eigenvalue weighted by Gasteiger charge is 2.13. The molecule has 0 aliphatic rings. The first-order valence-electron chi connectivity index (χ1n) is 6.99. The van der Waals surface area contributed by atoms with Crippen LogP contribution in [-0.2, 0) is 6.42 Å². The van der Waals surface area contributed by atoms with E-state index in [0.717, 1.165) is 27.6 Å². The Morgan fingerprint density at radius 2 is 1.95 bits per heavy atom. The number of halogens is 1. The first-order valence-corrected chi connectivity index (χ1v) is 6.99. The van der Waals surface area contributed by atoms with Gasteiger partial charge < -0.3 is 5.73 Å². The van der Waals surface area contributed by atoms with Crippen molar-refractivity contribution in [2.75, 3.05) is 0 Å². The van der Waals surface area contributed by atoms with Gasteiger partial charge in [-0.3, -0.25) is 4.98 Å². The maximum Gasteiger partial charge on any atom is 0.123 e. The normalized spacial score (nSPS) is 12.5. The number of para-hydroxylation sites is 1. The monoisotopic (exact) mass is 280 g/mol. The van der Waals surface area contributed by atoms with Gasteiger partial charge in [0.05, 0.1) is 5.52 Å². The van der Waals surface area contributed by atoms with Crippen LogP contribution in [0.5, 0.6) is 0 Å². The minimum Gasteiger partial charge on any atom is -0.324 e. The fourth-order valence-electron chi connectivity index (χ4n) is 2.63. The lowest BCUT2D eigenvalue weighted by atomic mass is 9.95. The molecule has 21 heavy (non-hydrogen) atoms. The van der Waals surface area contributed by atoms with Gasteiger partial charge >= 0.3 is 0 Å². The third kappa shape index (κ3) is 2.78. The van der Waals surface area contributed by atoms with Gasteiger partial charge in [-0.25, -0.2) is 4.39 Å². The van der Waals surface area contributed by atoms with Gasteiger partial charge in [0.15, 0.2) is 0 Å². The number of benzene rings is 2. The van der Waals surface area contributed by atoms with Gasteiger partial charge in [0.25, 0.3) is 0 Å². The Balaban J connectivity index is 1.97. The Labute approximate surface area is 123 Å². The highest BCUT2D eigenvalue weighted by atomic mass is 19.1. The molecule has 2 N–H and O–H groups in total. The number of nitrogens with zero attached hydrogens (tertiary/aromatic N) is 1. The van der Waals surface area contributed by atoms with E-state index >= 15 is 0 Å². The number of rotatable bonds is 3. The molecule has 0 aliphatic heterocycles. The van der Waals surface area contributed by atoms with Crippen LogP contribution in [0, 0.1) is 12.7 Å². The number of hydrogen-bond acceptors (Lipinski definition) is 2. The minimum absolute atomic E-state index is 0.205. The van der Waals surface area contributed by atoms with Crippen molar-refractivity contribution in [2.24, 2.45) is 5.73 Å². The predicted octanol–water partition coefficient (Wildman–Crippen LogP) is 3.92. The van der Waals surface area contributed by atoms with Crippen LogP contribution in [0.15, 0.2) is 54.7 Å². The third-order valence-corrected chi connectivity index (χ3v) is 3.81. The quantitative estimate of drug-likeness (QED) is 0.789. The molecule has 1 atom stereocenters. The second-order valence-electron chi connectivity index (χ2n) is 5.30. The SMILES string of the molecule is Cc1ccc(F)cc1CC(N)c1cccc2cccnc12. The number of pyridine rings is 1. The number of fused-ring (bicyclic) bond motifs is 1. The molecule has 1 heterocycles. The highest BCUT2D eigenvalue weighted by molar-refractivity contribution is 5.82. The van der Waals surface area contributed by atoms with E-state index in [0.29, 0.717) is 6.42 Å². The minimum atomic E-state index is -0.223. The van der Waals surface area contributed by atoms with Crippen LogP contribution in [0.2, 0.25) is 0 Å². The van der Waals surface area contributed by atoms with Gasteiger partial charge in [0, 0.05) is 17.6 Å². The number of aromatic nitrogens is 1. The zero-order valence-corrected chi connectivity index (χ0v) is 11.9. The van der Waals surface area contributed by atoms with E-state index < -0.39 is 0 Å². The van der Waals surface area contributed by atoms with Crippen LogP contribution >= 0.6 is 0 Å². The van der Waals surface area contributed by atoms with Gasteiger partial charge in [0.1, 0.15) is 5.82 Å². The molecular weight excluding hydrogens is 263 g/mol. The Hall–Kier alpha value is -2.26. The van der Waals surface area contributed by atoms with E-state index in [1.165, 1.54) is 6.07 Å². The van der Waals surface area contributed by atoms with Crippen molar-refractivity contribution in [1.82, 2.24) is 4.98 Å². The van der Waals surface area contributed by atoms with Gasteiger partial charge in [-0.05, 0) is 48.2 Å². The molecule has 3 aromatic rings. The smallest absolute Gasteiger partial charge is 0.123 e. The van der Waals surface area contributed by atoms with Crippen LogP contribution in [0.1, 0.15) is 22.7 Å². The van der Waals surface area contributed by atoms with Crippen molar-refractivity contribution in [3.05, 3.63) is 77.2 Å². The molecule has 106 valence electrons. The number of nitrogens with two attached hydrogens (primary N) is 1. The second-order valence-corrected chi connectivity index (χ2v) is 5.30. The second kappa shape index (κ2) is 5.62. The van der Waals surface area contributed by atoms with Gasteiger partial charge in [-0.15, -0.1) is 0 Å². The van der Waals surface area contributed by atoms with Crippen molar-refractivity contribution in [3.63, 3.8) is 0 Å². The molecule has 2 nitrogen and oxygen atoms in total. The van der Waals surface area contributed by atoms with Crippen molar-refractivity contribution in [3.8, 4) is 0 Å². The molecule has 0 radical (unpaired) electrons. The summed E-state index contributed by atoms with van der Waals surface area (Å²) in [4.78, 5) is 4.43. The molecule has 0 spiro atoms. The van der Waals surface area contributed by atoms with Crippen LogP contribution in [0.4, 0.5) is 4.39 Å². The van der Waals surface area contributed by atoms with Gasteiger partial charge in [-0.2, -0.15) is 0 Å². The zero-order valence-electron chi connectivity index (χ0n) is 11.9. The van der Waals surface area contributed by atoms with Crippen LogP contribution in [0.3, 0.4) is 0 Å². The summed E-state index contributed by atoms with van der Waals surface area (Å²) in [6.07, 6.45) is 2.37. The molecule has 0 bridgehead atoms. The Morgan fingerprint density at radius 1 is 1.14 bits per heavy atom. The average Bonchev–Trinajstić information content (AvgIpc) is 2.50. The summed E-state index contributed by atoms with van der Waals surface area (Å²) in [7, 11) is 0. The van der Waals surface area contributed by atoms with E-state index in [9.17, 15) is 4.39 Å². The molecule has 0 saturated heterocycles. The first kappa shape index (κ1) is 13.7. The summed E-state index contributed by atoms with van der Waals surface area (Å²) in [5.41, 5.74) is 10.3. The van der Waals surface area contributed by atoms with Crippen LogP contribution < -0.4 is 5.73 Å². The zero-order chi connectivity index (χ0) is 14.8. The van der Waals surface area contributed by atoms with Crippen molar-refractivity contribution in [1.29, 1.82) is 0 Å². The molecule has 3 heteroatoms. The highest BCUT2D eigenvalue weighted by Crippen LogP contribution is 2.24. The van der Waals surface area contributed by atoms with E-state index in [2.05, 4.69) is 4.98 Å². The van der Waals surface area contributed by atoms with Crippen molar-refractivity contribution < 1.29 is 4.39 Å². The van der Waals surface area contributed by atoms with Gasteiger partial charge in [0.2, 0.25) is 0 Å². The van der Waals surface area contributed by atoms with Crippen LogP contribution in [0.25, 0.3) is 10.9 Å². The molecule has 2 aromatic carbocycles. The summed E-state index contributed by atoms with van der Waals surface area (Å²) in [5, 5.41) is 1.07. The molecule has 0 amide bonds. The standard InChI is InChI=1S/C18H17FN2/c1-12-7-8-15(19)10-14(12)11-17(20)16-6-2-4-13-5-3-9-21-18(13)16/h2-10,17H,11,20H2,1H3. The van der Waals surface area contributed by atoms with Crippen molar-refractivity contribution >= 4 is 10.9 Å². The maximum atomic E-state index is 13.4. The Morgan fingerprint density at radius 3 is 2.81 bits per heavy atom. The van der Waals surface area contributed by atoms with E-state index in [4.69, 9.17) is 5.73 Å². The summed E-state index contributed by atoms with van der Waals surface area (Å²) < 4.78 is 13.4. The summed E-state index contributed by atoms with van der Waals surface area (Å²) in [6.45, 7) is 1.98. The topological polar surface area (TPSA) is 38.9 Å². The lowest BCUT2D eigenvalue weighted by molar-refractivity contribution is 0.621. The van der Waals surface area contributed by atoms with E-state index in [-0.39, 0.29) is 11.9 Å². The molecule has 0 aliphatic carbocycles. The summed E-state index contributed by atoms with van der Waals surface area (Å²) in [6, 6.07) is 14.6. The lowest BCUT2D eigenvalue weighted by Crippen LogP contribution is -2.15. The molecule has 1 aromatic heterocycles. The molecule has 0 saturated carbocycles. The average molecular weight is 280 g/mol. The molecule has 0 fully saturated rings. The van der Waals surface area contributed by atoms with E-state index in [1.807, 2.05) is 37.3 Å². The number of aryl methyl sites for hydroxylation is 1. The number of hydrogen-bond donors (Lipinski definition) is 1.